The van der Waals surface area contributed by atoms with Crippen LogP contribution in [-0.4, -0.2) is 32.7 Å². The van der Waals surface area contributed by atoms with E-state index in [-0.39, 0.29) is 13.2 Å². The highest BCUT2D eigenvalue weighted by Crippen LogP contribution is 2.28. The fourth-order valence-electron chi connectivity index (χ4n) is 2.14. The number of benzene rings is 2. The topological polar surface area (TPSA) is 97.1 Å². The Bertz CT molecular complexity index is 814. The number of hydrogen-bond acceptors (Lipinski definition) is 6. The van der Waals surface area contributed by atoms with Crippen molar-refractivity contribution in [2.24, 2.45) is 5.73 Å². The third-order valence-electron chi connectivity index (χ3n) is 3.51. The highest BCUT2D eigenvalue weighted by molar-refractivity contribution is 5.87. The minimum absolute atomic E-state index is 0.163. The average molecular weight is 371 g/mol. The number of amides is 1. The summed E-state index contributed by atoms with van der Waals surface area (Å²) in [6.45, 7) is -0.0837. The minimum atomic E-state index is -0.583. The molecule has 7 heteroatoms. The molecule has 0 spiro atoms. The molecule has 7 nitrogen and oxygen atoms in total. The molecule has 0 aliphatic carbocycles. The molecule has 142 valence electrons. The molecule has 2 aromatic rings. The van der Waals surface area contributed by atoms with Crippen molar-refractivity contribution in [2.75, 3.05) is 20.8 Å². The smallest absolute Gasteiger partial charge is 0.331 e. The van der Waals surface area contributed by atoms with Crippen LogP contribution in [0.1, 0.15) is 11.1 Å². The quantitative estimate of drug-likeness (QED) is 0.537. The number of methoxy groups -OCH3 is 2. The van der Waals surface area contributed by atoms with Gasteiger partial charge in [0.2, 0.25) is 0 Å². The Morgan fingerprint density at radius 3 is 2.37 bits per heavy atom. The molecule has 0 saturated carbocycles. The van der Waals surface area contributed by atoms with Gasteiger partial charge in [-0.25, -0.2) is 4.79 Å². The van der Waals surface area contributed by atoms with Crippen molar-refractivity contribution in [2.45, 2.75) is 6.61 Å². The van der Waals surface area contributed by atoms with E-state index in [4.69, 9.17) is 24.7 Å². The number of ether oxygens (including phenoxy) is 4. The average Bonchev–Trinajstić information content (AvgIpc) is 2.69. The van der Waals surface area contributed by atoms with E-state index >= 15 is 0 Å². The Balaban J connectivity index is 1.93. The van der Waals surface area contributed by atoms with Crippen LogP contribution in [0.25, 0.3) is 6.08 Å². The lowest BCUT2D eigenvalue weighted by Crippen LogP contribution is -2.20. The van der Waals surface area contributed by atoms with Gasteiger partial charge in [-0.1, -0.05) is 18.2 Å². The zero-order valence-corrected chi connectivity index (χ0v) is 15.1. The Labute approximate surface area is 157 Å². The number of carbonyl (C=O) groups excluding carboxylic acids is 2. The molecule has 0 fully saturated rings. The first-order chi connectivity index (χ1) is 13.0. The molecule has 0 aromatic heterocycles. The van der Waals surface area contributed by atoms with Crippen molar-refractivity contribution in [3.63, 3.8) is 0 Å². The monoisotopic (exact) mass is 371 g/mol. The molecular formula is C20H21NO6. The lowest BCUT2D eigenvalue weighted by atomic mass is 10.2. The van der Waals surface area contributed by atoms with Gasteiger partial charge in [0.05, 0.1) is 14.2 Å². The van der Waals surface area contributed by atoms with Crippen LogP contribution >= 0.6 is 0 Å². The van der Waals surface area contributed by atoms with E-state index in [9.17, 15) is 9.59 Å². The predicted molar refractivity (Wildman–Crippen MR) is 99.5 cm³/mol. The molecule has 0 atom stereocenters. The third-order valence-corrected chi connectivity index (χ3v) is 3.51. The third kappa shape index (κ3) is 6.39. The normalized spacial score (nSPS) is 10.4. The highest BCUT2D eigenvalue weighted by Gasteiger charge is 2.07. The summed E-state index contributed by atoms with van der Waals surface area (Å²) in [5, 5.41) is 0. The van der Waals surface area contributed by atoms with E-state index < -0.39 is 11.9 Å². The second kappa shape index (κ2) is 9.86. The maximum atomic E-state index is 11.9. The first kappa shape index (κ1) is 19.8. The highest BCUT2D eigenvalue weighted by atomic mass is 16.5. The predicted octanol–water partition coefficient (Wildman–Crippen LogP) is 2.32. The number of carbonyl (C=O) groups is 2. The van der Waals surface area contributed by atoms with Crippen molar-refractivity contribution in [1.82, 2.24) is 0 Å². The number of primary amides is 1. The van der Waals surface area contributed by atoms with Crippen molar-refractivity contribution in [1.29, 1.82) is 0 Å². The molecule has 27 heavy (non-hydrogen) atoms. The van der Waals surface area contributed by atoms with Gasteiger partial charge in [-0.2, -0.15) is 0 Å². The van der Waals surface area contributed by atoms with Gasteiger partial charge in [0.25, 0.3) is 5.91 Å². The van der Waals surface area contributed by atoms with Crippen LogP contribution in [0.4, 0.5) is 0 Å². The zero-order valence-electron chi connectivity index (χ0n) is 15.1. The maximum Gasteiger partial charge on any atom is 0.331 e. The van der Waals surface area contributed by atoms with Crippen molar-refractivity contribution in [3.8, 4) is 17.2 Å². The second-order valence-electron chi connectivity index (χ2n) is 5.45. The van der Waals surface area contributed by atoms with Crippen LogP contribution in [0, 0.1) is 0 Å². The maximum absolute atomic E-state index is 11.9. The first-order valence-corrected chi connectivity index (χ1v) is 8.08. The molecular weight excluding hydrogens is 350 g/mol. The largest absolute Gasteiger partial charge is 0.497 e. The molecule has 0 saturated heterocycles. The molecule has 0 aliphatic rings. The SMILES string of the molecule is COc1ccc(COC(=O)/C=C/c2ccc(OCC(N)=O)c(OC)c2)cc1. The summed E-state index contributed by atoms with van der Waals surface area (Å²) in [7, 11) is 3.06. The van der Waals surface area contributed by atoms with Gasteiger partial charge >= 0.3 is 5.97 Å². The fourth-order valence-corrected chi connectivity index (χ4v) is 2.14. The Morgan fingerprint density at radius 2 is 1.74 bits per heavy atom. The van der Waals surface area contributed by atoms with Crippen LogP contribution in [0.15, 0.2) is 48.5 Å². The number of rotatable bonds is 9. The van der Waals surface area contributed by atoms with Gasteiger partial charge < -0.3 is 24.7 Å². The van der Waals surface area contributed by atoms with Crippen LogP contribution in [0.2, 0.25) is 0 Å². The number of nitrogens with two attached hydrogens (primary N) is 1. The van der Waals surface area contributed by atoms with E-state index in [0.29, 0.717) is 17.1 Å². The Kier molecular flexibility index (Phi) is 7.25. The standard InChI is InChI=1S/C20H21NO6/c1-24-16-7-3-15(4-8-16)12-27-20(23)10-6-14-5-9-17(18(11-14)25-2)26-13-19(21)22/h3-11H,12-13H2,1-2H3,(H2,21,22)/b10-6+. The first-order valence-electron chi connectivity index (χ1n) is 8.08. The number of hydrogen-bond donors (Lipinski definition) is 1. The molecule has 2 N–H and O–H groups in total. The van der Waals surface area contributed by atoms with Crippen molar-refractivity contribution in [3.05, 3.63) is 59.7 Å². The lowest BCUT2D eigenvalue weighted by molar-refractivity contribution is -0.138. The van der Waals surface area contributed by atoms with E-state index in [2.05, 4.69) is 0 Å². The van der Waals surface area contributed by atoms with Crippen LogP contribution in [0.5, 0.6) is 17.2 Å². The lowest BCUT2D eigenvalue weighted by Gasteiger charge is -2.10. The molecule has 0 radical (unpaired) electrons. The molecule has 0 unspecified atom stereocenters. The summed E-state index contributed by atoms with van der Waals surface area (Å²) in [5.41, 5.74) is 6.62. The van der Waals surface area contributed by atoms with Crippen LogP contribution in [0.3, 0.4) is 0 Å². The second-order valence-corrected chi connectivity index (χ2v) is 5.45. The van der Waals surface area contributed by atoms with Gasteiger partial charge in [-0.3, -0.25) is 4.79 Å². The summed E-state index contributed by atoms with van der Waals surface area (Å²) < 4.78 is 20.7. The minimum Gasteiger partial charge on any atom is -0.497 e. The Morgan fingerprint density at radius 1 is 1.00 bits per heavy atom. The molecule has 1 amide bonds. The molecule has 2 aromatic carbocycles. The Hall–Kier alpha value is -3.48. The van der Waals surface area contributed by atoms with Crippen molar-refractivity contribution >= 4 is 18.0 Å². The number of esters is 1. The molecule has 2 rings (SSSR count). The molecule has 0 bridgehead atoms. The van der Waals surface area contributed by atoms with E-state index in [0.717, 1.165) is 11.3 Å². The molecule has 0 heterocycles. The summed E-state index contributed by atoms with van der Waals surface area (Å²) in [6, 6.07) is 12.3. The summed E-state index contributed by atoms with van der Waals surface area (Å²) in [5.74, 6) is 0.488. The zero-order chi connectivity index (χ0) is 19.6. The molecule has 0 aliphatic heterocycles. The van der Waals surface area contributed by atoms with E-state index in [1.165, 1.54) is 13.2 Å². The van der Waals surface area contributed by atoms with Gasteiger partial charge in [0, 0.05) is 6.08 Å². The van der Waals surface area contributed by atoms with E-state index in [1.54, 1.807) is 43.5 Å². The van der Waals surface area contributed by atoms with Crippen molar-refractivity contribution < 1.29 is 28.5 Å². The van der Waals surface area contributed by atoms with Crippen LogP contribution in [-0.2, 0) is 20.9 Å². The summed E-state index contributed by atoms with van der Waals surface area (Å²) >= 11 is 0. The van der Waals surface area contributed by atoms with Gasteiger partial charge in [-0.05, 0) is 41.5 Å². The van der Waals surface area contributed by atoms with Crippen LogP contribution < -0.4 is 19.9 Å². The van der Waals surface area contributed by atoms with Gasteiger partial charge in [0.1, 0.15) is 12.4 Å². The van der Waals surface area contributed by atoms with E-state index in [1.807, 2.05) is 12.1 Å². The summed E-state index contributed by atoms with van der Waals surface area (Å²) in [4.78, 5) is 22.7. The fraction of sp³-hybridized carbons (Fsp3) is 0.200. The van der Waals surface area contributed by atoms with Gasteiger partial charge in [0.15, 0.2) is 18.1 Å². The van der Waals surface area contributed by atoms with Gasteiger partial charge in [-0.15, -0.1) is 0 Å². The summed E-state index contributed by atoms with van der Waals surface area (Å²) in [6.07, 6.45) is 2.92.